The summed E-state index contributed by atoms with van der Waals surface area (Å²) in [6.07, 6.45) is 3.43. The van der Waals surface area contributed by atoms with Gasteiger partial charge < -0.3 is 19.3 Å². The summed E-state index contributed by atoms with van der Waals surface area (Å²) in [6, 6.07) is 13.7. The molecule has 4 aromatic rings. The zero-order valence-corrected chi connectivity index (χ0v) is 20.5. The van der Waals surface area contributed by atoms with Gasteiger partial charge >= 0.3 is 0 Å². The minimum atomic E-state index is -1.08. The molecule has 1 aliphatic rings. The molecule has 0 aliphatic carbocycles. The van der Waals surface area contributed by atoms with Crippen LogP contribution in [-0.4, -0.2) is 51.7 Å². The Morgan fingerprint density at radius 3 is 2.11 bits per heavy atom. The highest BCUT2D eigenvalue weighted by Gasteiger charge is 2.19. The van der Waals surface area contributed by atoms with E-state index in [2.05, 4.69) is 20.2 Å². The predicted molar refractivity (Wildman–Crippen MR) is 133 cm³/mol. The molecule has 35 heavy (non-hydrogen) atoms. The van der Waals surface area contributed by atoms with Crippen LogP contribution < -0.4 is 4.74 Å². The molecule has 2 aromatic heterocycles. The van der Waals surface area contributed by atoms with Gasteiger partial charge in [0.25, 0.3) is 0 Å². The lowest BCUT2D eigenvalue weighted by molar-refractivity contribution is -0.0334. The van der Waals surface area contributed by atoms with Crippen molar-refractivity contribution in [2.45, 2.75) is 33.3 Å². The van der Waals surface area contributed by atoms with Crippen molar-refractivity contribution in [3.05, 3.63) is 71.9 Å². The van der Waals surface area contributed by atoms with Gasteiger partial charge in [-0.05, 0) is 57.0 Å². The maximum Gasteiger partial charge on any atom is 0.159 e. The molecule has 1 N–H and O–H groups in total. The van der Waals surface area contributed by atoms with Gasteiger partial charge in [0.05, 0.1) is 31.9 Å². The monoisotopic (exact) mass is 474 g/mol. The lowest BCUT2D eigenvalue weighted by atomic mass is 10.0. The Morgan fingerprint density at radius 1 is 0.857 bits per heavy atom. The Balaban J connectivity index is 0.000000421. The molecule has 0 saturated carbocycles. The molecule has 0 atom stereocenters. The first kappa shape index (κ1) is 24.7. The summed E-state index contributed by atoms with van der Waals surface area (Å²) < 4.78 is 16.1. The number of fused-ring (bicyclic) bond motifs is 1. The van der Waals surface area contributed by atoms with E-state index < -0.39 is 5.60 Å². The van der Waals surface area contributed by atoms with Gasteiger partial charge in [0.1, 0.15) is 17.0 Å². The summed E-state index contributed by atoms with van der Waals surface area (Å²) in [7, 11) is 0. The molecule has 0 unspecified atom stereocenters. The average Bonchev–Trinajstić information content (AvgIpc) is 2.87. The first-order valence-corrected chi connectivity index (χ1v) is 11.5. The van der Waals surface area contributed by atoms with Gasteiger partial charge in [-0.3, -0.25) is 0 Å². The Bertz CT molecular complexity index is 1270. The number of benzene rings is 2. The lowest BCUT2D eigenvalue weighted by Crippen LogP contribution is -2.19. The third-order valence-electron chi connectivity index (χ3n) is 5.46. The molecule has 1 aliphatic heterocycles. The third kappa shape index (κ3) is 6.16. The van der Waals surface area contributed by atoms with Crippen LogP contribution in [0.1, 0.15) is 30.9 Å². The fourth-order valence-corrected chi connectivity index (χ4v) is 3.50. The van der Waals surface area contributed by atoms with E-state index in [1.165, 1.54) is 0 Å². The standard InChI is InChI=1S/C23H22N4O2.C4H8O2/c1-14-7-5-6-8-20(14)29-21-15(2)26-27-19-10-9-16(11-18(19)21)17-12-24-22(25-13-17)23(3,4)28;1-2-6-4-3-5-1/h5-13,28H,1-4H3;1-4H2. The van der Waals surface area contributed by atoms with E-state index in [-0.39, 0.29) is 0 Å². The van der Waals surface area contributed by atoms with Crippen LogP contribution in [0.25, 0.3) is 22.0 Å². The van der Waals surface area contributed by atoms with E-state index >= 15 is 0 Å². The SMILES string of the molecule is C1COCCO1.Cc1ccccc1Oc1c(C)nnc2ccc(-c3cnc(C(C)(C)O)nc3)cc12. The molecular weight excluding hydrogens is 444 g/mol. The van der Waals surface area contributed by atoms with E-state index in [1.807, 2.05) is 56.3 Å². The number of rotatable bonds is 4. The van der Waals surface area contributed by atoms with E-state index in [1.54, 1.807) is 26.2 Å². The number of aliphatic hydroxyl groups is 1. The summed E-state index contributed by atoms with van der Waals surface area (Å²) >= 11 is 0. The summed E-state index contributed by atoms with van der Waals surface area (Å²) in [5.41, 5.74) is 3.20. The normalized spacial score (nSPS) is 13.7. The molecular formula is C27H30N4O4. The van der Waals surface area contributed by atoms with Crippen LogP contribution in [0, 0.1) is 13.8 Å². The van der Waals surface area contributed by atoms with Crippen molar-refractivity contribution >= 4 is 10.9 Å². The number of hydrogen-bond donors (Lipinski definition) is 1. The summed E-state index contributed by atoms with van der Waals surface area (Å²) in [5.74, 6) is 1.85. The van der Waals surface area contributed by atoms with Crippen molar-refractivity contribution in [2.75, 3.05) is 26.4 Å². The van der Waals surface area contributed by atoms with Crippen LogP contribution in [0.15, 0.2) is 54.9 Å². The second-order valence-corrected chi connectivity index (χ2v) is 8.79. The zero-order chi connectivity index (χ0) is 24.8. The van der Waals surface area contributed by atoms with Gasteiger partial charge in [0, 0.05) is 23.3 Å². The molecule has 0 amide bonds. The average molecular weight is 475 g/mol. The second-order valence-electron chi connectivity index (χ2n) is 8.79. The number of nitrogens with zero attached hydrogens (tertiary/aromatic N) is 4. The first-order valence-electron chi connectivity index (χ1n) is 11.5. The Labute approximate surface area is 204 Å². The molecule has 0 bridgehead atoms. The molecule has 2 aromatic carbocycles. The van der Waals surface area contributed by atoms with Gasteiger partial charge in [0.2, 0.25) is 0 Å². The summed E-state index contributed by atoms with van der Waals surface area (Å²) in [5, 5.41) is 19.5. The van der Waals surface area contributed by atoms with Gasteiger partial charge in [-0.25, -0.2) is 9.97 Å². The van der Waals surface area contributed by atoms with Crippen LogP contribution in [0.2, 0.25) is 0 Å². The van der Waals surface area contributed by atoms with Crippen LogP contribution >= 0.6 is 0 Å². The van der Waals surface area contributed by atoms with Crippen molar-refractivity contribution in [1.82, 2.24) is 20.2 Å². The lowest BCUT2D eigenvalue weighted by Gasteiger charge is -2.15. The molecule has 5 rings (SSSR count). The number of aryl methyl sites for hydroxylation is 2. The first-order chi connectivity index (χ1) is 16.8. The van der Waals surface area contributed by atoms with Crippen LogP contribution in [0.4, 0.5) is 0 Å². The Morgan fingerprint density at radius 2 is 1.51 bits per heavy atom. The van der Waals surface area contributed by atoms with Crippen LogP contribution in [0.3, 0.4) is 0 Å². The fourth-order valence-electron chi connectivity index (χ4n) is 3.50. The minimum absolute atomic E-state index is 0.382. The van der Waals surface area contributed by atoms with Crippen molar-refractivity contribution in [3.8, 4) is 22.6 Å². The molecule has 0 spiro atoms. The molecule has 3 heterocycles. The smallest absolute Gasteiger partial charge is 0.159 e. The largest absolute Gasteiger partial charge is 0.454 e. The molecule has 1 saturated heterocycles. The number of aromatic nitrogens is 4. The van der Waals surface area contributed by atoms with Gasteiger partial charge in [0.15, 0.2) is 11.6 Å². The number of para-hydroxylation sites is 1. The predicted octanol–water partition coefficient (Wildman–Crippen LogP) is 4.76. The maximum atomic E-state index is 10.1. The van der Waals surface area contributed by atoms with E-state index in [0.717, 1.165) is 59.8 Å². The summed E-state index contributed by atoms with van der Waals surface area (Å²) in [4.78, 5) is 8.61. The van der Waals surface area contributed by atoms with Crippen LogP contribution in [-0.2, 0) is 15.1 Å². The van der Waals surface area contributed by atoms with Gasteiger partial charge in [-0.2, -0.15) is 5.10 Å². The highest BCUT2D eigenvalue weighted by Crippen LogP contribution is 2.34. The Hall–Kier alpha value is -3.46. The molecule has 8 heteroatoms. The van der Waals surface area contributed by atoms with Crippen molar-refractivity contribution < 1.29 is 19.3 Å². The minimum Gasteiger partial charge on any atom is -0.454 e. The molecule has 0 radical (unpaired) electrons. The van der Waals surface area contributed by atoms with E-state index in [0.29, 0.717) is 17.3 Å². The summed E-state index contributed by atoms with van der Waals surface area (Å²) in [6.45, 7) is 10.3. The highest BCUT2D eigenvalue weighted by molar-refractivity contribution is 5.89. The topological polar surface area (TPSA) is 99.5 Å². The molecule has 1 fully saturated rings. The van der Waals surface area contributed by atoms with Crippen LogP contribution in [0.5, 0.6) is 11.5 Å². The van der Waals surface area contributed by atoms with E-state index in [9.17, 15) is 5.11 Å². The maximum absolute atomic E-state index is 10.1. The molecule has 182 valence electrons. The number of hydrogen-bond acceptors (Lipinski definition) is 8. The quantitative estimate of drug-likeness (QED) is 0.452. The zero-order valence-electron chi connectivity index (χ0n) is 20.5. The van der Waals surface area contributed by atoms with Crippen molar-refractivity contribution in [1.29, 1.82) is 0 Å². The van der Waals surface area contributed by atoms with Crippen molar-refractivity contribution in [2.24, 2.45) is 0 Å². The van der Waals surface area contributed by atoms with Gasteiger partial charge in [-0.15, -0.1) is 5.10 Å². The van der Waals surface area contributed by atoms with E-state index in [4.69, 9.17) is 14.2 Å². The Kier molecular flexibility index (Phi) is 7.65. The highest BCUT2D eigenvalue weighted by atomic mass is 16.6. The number of ether oxygens (including phenoxy) is 3. The second kappa shape index (κ2) is 10.9. The molecule has 8 nitrogen and oxygen atoms in total. The van der Waals surface area contributed by atoms with Gasteiger partial charge in [-0.1, -0.05) is 24.3 Å². The third-order valence-corrected chi connectivity index (χ3v) is 5.46. The van der Waals surface area contributed by atoms with Crippen molar-refractivity contribution in [3.63, 3.8) is 0 Å². The fraction of sp³-hybridized carbons (Fsp3) is 0.333.